The van der Waals surface area contributed by atoms with Gasteiger partial charge in [-0.3, -0.25) is 10.1 Å². The smallest absolute Gasteiger partial charge is 0.322 e. The second-order valence-electron chi connectivity index (χ2n) is 5.56. The summed E-state index contributed by atoms with van der Waals surface area (Å²) in [5.41, 5.74) is 2.27. The van der Waals surface area contributed by atoms with Crippen LogP contribution in [-0.4, -0.2) is 16.1 Å². The number of anilines is 1. The molecule has 1 amide bonds. The molecule has 0 saturated heterocycles. The third-order valence-electron chi connectivity index (χ3n) is 3.81. The van der Waals surface area contributed by atoms with Gasteiger partial charge in [-0.05, 0) is 52.2 Å². The molecule has 8 heteroatoms. The van der Waals surface area contributed by atoms with E-state index >= 15 is 0 Å². The first kappa shape index (κ1) is 17.0. The van der Waals surface area contributed by atoms with E-state index in [1.54, 1.807) is 17.4 Å². The van der Waals surface area contributed by atoms with Gasteiger partial charge in [0.2, 0.25) is 5.89 Å². The predicted octanol–water partition coefficient (Wildman–Crippen LogP) is 5.00. The highest BCUT2D eigenvalue weighted by Gasteiger charge is 2.18. The number of hydrogen-bond acceptors (Lipinski definition) is 5. The average molecular weight is 383 g/mol. The molecule has 1 N–H and O–H groups in total. The minimum atomic E-state index is -1.24. The molecule has 0 aliphatic carbocycles. The zero-order valence-corrected chi connectivity index (χ0v) is 14.5. The van der Waals surface area contributed by atoms with E-state index in [1.807, 2.05) is 35.0 Å². The summed E-state index contributed by atoms with van der Waals surface area (Å²) in [4.78, 5) is 12.1. The molecule has 4 aromatic rings. The highest BCUT2D eigenvalue weighted by atomic mass is 32.1. The van der Waals surface area contributed by atoms with E-state index in [-0.39, 0.29) is 11.9 Å². The molecular formula is C19H11F2N3O2S. The fraction of sp³-hybridized carbons (Fsp3) is 0. The maximum absolute atomic E-state index is 13.7. The summed E-state index contributed by atoms with van der Waals surface area (Å²) in [6, 6.07) is 12.6. The Balaban J connectivity index is 1.56. The quantitative estimate of drug-likeness (QED) is 0.539. The lowest BCUT2D eigenvalue weighted by atomic mass is 10.1. The number of nitrogens with zero attached hydrogens (tertiary/aromatic N) is 2. The second-order valence-corrected chi connectivity index (χ2v) is 6.34. The van der Waals surface area contributed by atoms with Crippen molar-refractivity contribution in [1.29, 1.82) is 0 Å². The number of benzene rings is 2. The molecule has 0 fully saturated rings. The van der Waals surface area contributed by atoms with Crippen LogP contribution in [-0.2, 0) is 0 Å². The summed E-state index contributed by atoms with van der Waals surface area (Å²) in [5.74, 6) is -3.03. The van der Waals surface area contributed by atoms with Crippen molar-refractivity contribution in [2.24, 2.45) is 0 Å². The fourth-order valence-electron chi connectivity index (χ4n) is 2.49. The molecule has 2 heterocycles. The summed E-state index contributed by atoms with van der Waals surface area (Å²) in [5, 5.41) is 13.9. The van der Waals surface area contributed by atoms with Gasteiger partial charge in [0.1, 0.15) is 0 Å². The van der Waals surface area contributed by atoms with Crippen LogP contribution in [0.3, 0.4) is 0 Å². The number of aromatic nitrogens is 2. The van der Waals surface area contributed by atoms with Gasteiger partial charge in [-0.25, -0.2) is 8.78 Å². The van der Waals surface area contributed by atoms with Crippen LogP contribution >= 0.6 is 11.3 Å². The van der Waals surface area contributed by atoms with Crippen molar-refractivity contribution in [3.8, 4) is 22.6 Å². The summed E-state index contributed by atoms with van der Waals surface area (Å²) in [6.45, 7) is 0. The van der Waals surface area contributed by atoms with Gasteiger partial charge in [0, 0.05) is 5.56 Å². The van der Waals surface area contributed by atoms with Gasteiger partial charge in [0.05, 0.1) is 5.56 Å². The van der Waals surface area contributed by atoms with Crippen LogP contribution in [0.4, 0.5) is 14.8 Å². The second kappa shape index (κ2) is 7.08. The summed E-state index contributed by atoms with van der Waals surface area (Å²) >= 11 is 1.59. The Bertz CT molecular complexity index is 1110. The average Bonchev–Trinajstić information content (AvgIpc) is 3.36. The molecule has 0 radical (unpaired) electrons. The SMILES string of the molecule is O=C(Nc1nnc(-c2cccc(-c3ccsc3)c2)o1)c1cccc(F)c1F. The Morgan fingerprint density at radius 2 is 1.81 bits per heavy atom. The Morgan fingerprint density at radius 3 is 2.63 bits per heavy atom. The van der Waals surface area contributed by atoms with Crippen molar-refractivity contribution in [3.05, 3.63) is 76.5 Å². The summed E-state index contributed by atoms with van der Waals surface area (Å²) in [6.07, 6.45) is 0. The Morgan fingerprint density at radius 1 is 1.00 bits per heavy atom. The monoisotopic (exact) mass is 383 g/mol. The lowest BCUT2D eigenvalue weighted by Gasteiger charge is -2.02. The lowest BCUT2D eigenvalue weighted by molar-refractivity contribution is 0.101. The van der Waals surface area contributed by atoms with Crippen LogP contribution in [0.5, 0.6) is 0 Å². The molecule has 5 nitrogen and oxygen atoms in total. The van der Waals surface area contributed by atoms with Crippen LogP contribution in [0, 0.1) is 11.6 Å². The fourth-order valence-corrected chi connectivity index (χ4v) is 3.16. The third kappa shape index (κ3) is 3.47. The van der Waals surface area contributed by atoms with Gasteiger partial charge in [-0.1, -0.05) is 23.3 Å². The Kier molecular flexibility index (Phi) is 4.47. The largest absolute Gasteiger partial charge is 0.403 e. The van der Waals surface area contributed by atoms with Crippen LogP contribution in [0.15, 0.2) is 63.7 Å². The van der Waals surface area contributed by atoms with E-state index in [1.165, 1.54) is 6.07 Å². The molecule has 0 aliphatic rings. The molecule has 4 rings (SSSR count). The Labute approximate surface area is 156 Å². The van der Waals surface area contributed by atoms with Crippen LogP contribution in [0.1, 0.15) is 10.4 Å². The minimum absolute atomic E-state index is 0.196. The molecule has 27 heavy (non-hydrogen) atoms. The van der Waals surface area contributed by atoms with E-state index in [0.29, 0.717) is 5.56 Å². The lowest BCUT2D eigenvalue weighted by Crippen LogP contribution is -2.14. The number of thiophene rings is 1. The van der Waals surface area contributed by atoms with Gasteiger partial charge in [-0.2, -0.15) is 11.3 Å². The first-order valence-corrected chi connectivity index (χ1v) is 8.78. The number of hydrogen-bond donors (Lipinski definition) is 1. The van der Waals surface area contributed by atoms with Crippen molar-refractivity contribution >= 4 is 23.3 Å². The van der Waals surface area contributed by atoms with E-state index in [0.717, 1.165) is 23.3 Å². The molecule has 0 aliphatic heterocycles. The molecule has 2 aromatic heterocycles. The van der Waals surface area contributed by atoms with Crippen LogP contribution < -0.4 is 5.32 Å². The van der Waals surface area contributed by atoms with Crippen molar-refractivity contribution in [2.45, 2.75) is 0 Å². The maximum Gasteiger partial charge on any atom is 0.322 e. The normalized spacial score (nSPS) is 10.7. The molecule has 2 aromatic carbocycles. The third-order valence-corrected chi connectivity index (χ3v) is 4.49. The standard InChI is InChI=1S/C19H11F2N3O2S/c20-15-6-2-5-14(16(15)21)17(25)22-19-24-23-18(26-19)12-4-1-3-11(9-12)13-7-8-27-10-13/h1-10H,(H,22,24,25). The minimum Gasteiger partial charge on any atom is -0.403 e. The number of carbonyl (C=O) groups excluding carboxylic acids is 1. The van der Waals surface area contributed by atoms with E-state index in [4.69, 9.17) is 4.42 Å². The number of carbonyl (C=O) groups is 1. The Hall–Kier alpha value is -3.39. The van der Waals surface area contributed by atoms with Gasteiger partial charge < -0.3 is 4.42 Å². The molecular weight excluding hydrogens is 372 g/mol. The van der Waals surface area contributed by atoms with E-state index < -0.39 is 23.1 Å². The molecule has 0 saturated carbocycles. The molecule has 0 unspecified atom stereocenters. The summed E-state index contributed by atoms with van der Waals surface area (Å²) < 4.78 is 32.4. The first-order chi connectivity index (χ1) is 13.1. The number of rotatable bonds is 4. The highest BCUT2D eigenvalue weighted by molar-refractivity contribution is 7.08. The summed E-state index contributed by atoms with van der Waals surface area (Å²) in [7, 11) is 0. The topological polar surface area (TPSA) is 68.0 Å². The highest BCUT2D eigenvalue weighted by Crippen LogP contribution is 2.27. The predicted molar refractivity (Wildman–Crippen MR) is 97.4 cm³/mol. The van der Waals surface area contributed by atoms with Crippen molar-refractivity contribution in [1.82, 2.24) is 10.2 Å². The zero-order valence-electron chi connectivity index (χ0n) is 13.6. The van der Waals surface area contributed by atoms with Gasteiger partial charge in [-0.15, -0.1) is 5.10 Å². The van der Waals surface area contributed by atoms with Crippen LogP contribution in [0.25, 0.3) is 22.6 Å². The molecule has 0 spiro atoms. The number of nitrogens with one attached hydrogen (secondary N) is 1. The molecule has 134 valence electrons. The van der Waals surface area contributed by atoms with E-state index in [9.17, 15) is 13.6 Å². The van der Waals surface area contributed by atoms with E-state index in [2.05, 4.69) is 15.5 Å². The van der Waals surface area contributed by atoms with Crippen molar-refractivity contribution in [3.63, 3.8) is 0 Å². The zero-order chi connectivity index (χ0) is 18.8. The van der Waals surface area contributed by atoms with Gasteiger partial charge in [0.15, 0.2) is 11.6 Å². The first-order valence-electron chi connectivity index (χ1n) is 7.84. The number of amides is 1. The van der Waals surface area contributed by atoms with Crippen LogP contribution in [0.2, 0.25) is 0 Å². The van der Waals surface area contributed by atoms with Crippen molar-refractivity contribution in [2.75, 3.05) is 5.32 Å². The molecule has 0 atom stereocenters. The molecule has 0 bridgehead atoms. The van der Waals surface area contributed by atoms with Gasteiger partial charge >= 0.3 is 6.01 Å². The maximum atomic E-state index is 13.7. The number of halogens is 2. The van der Waals surface area contributed by atoms with Gasteiger partial charge in [0.25, 0.3) is 5.91 Å². The van der Waals surface area contributed by atoms with Crippen molar-refractivity contribution < 1.29 is 18.0 Å².